The van der Waals surface area contributed by atoms with Gasteiger partial charge in [-0.15, -0.1) is 0 Å². The summed E-state index contributed by atoms with van der Waals surface area (Å²) in [6.45, 7) is -0.306. The van der Waals surface area contributed by atoms with E-state index >= 15 is 0 Å². The maximum Gasteiger partial charge on any atom is 0.436 e. The van der Waals surface area contributed by atoms with Crippen LogP contribution in [0.25, 0.3) is 0 Å². The van der Waals surface area contributed by atoms with Gasteiger partial charge in [0.1, 0.15) is 12.4 Å². The Hall–Kier alpha value is -1.54. The molecule has 1 aliphatic heterocycles. The molecule has 1 aromatic heterocycles. The molecule has 2 rings (SSSR count). The highest BCUT2D eigenvalue weighted by Gasteiger charge is 2.40. The molecule has 1 unspecified atom stereocenters. The monoisotopic (exact) mass is 231 g/mol. The molecule has 0 radical (unpaired) electrons. The smallest absolute Gasteiger partial charge is 0.394 e. The van der Waals surface area contributed by atoms with Gasteiger partial charge in [-0.05, 0) is 4.92 Å². The van der Waals surface area contributed by atoms with Crippen LogP contribution in [0.15, 0.2) is 12.4 Å². The Bertz CT molecular complexity index is 396. The Morgan fingerprint density at radius 1 is 1.81 bits per heavy atom. The van der Waals surface area contributed by atoms with Gasteiger partial charge >= 0.3 is 5.95 Å². The van der Waals surface area contributed by atoms with Crippen LogP contribution in [0.3, 0.4) is 0 Å². The molecule has 0 saturated carbocycles. The van der Waals surface area contributed by atoms with Crippen LogP contribution in [0.5, 0.6) is 0 Å². The van der Waals surface area contributed by atoms with Crippen molar-refractivity contribution >= 4 is 5.95 Å². The van der Waals surface area contributed by atoms with Crippen molar-refractivity contribution in [2.24, 2.45) is 0 Å². The number of aliphatic hydroxyl groups is 1. The lowest BCUT2D eigenvalue weighted by atomic mass is 10.2. The Labute approximate surface area is 89.6 Å². The summed E-state index contributed by atoms with van der Waals surface area (Å²) in [6, 6.07) is 0. The van der Waals surface area contributed by atoms with Gasteiger partial charge in [-0.2, -0.15) is 4.57 Å². The van der Waals surface area contributed by atoms with Crippen LogP contribution in [0.4, 0.5) is 10.3 Å². The van der Waals surface area contributed by atoms with E-state index in [4.69, 9.17) is 9.84 Å². The number of imidazole rings is 1. The van der Waals surface area contributed by atoms with Crippen LogP contribution < -0.4 is 0 Å². The van der Waals surface area contributed by atoms with E-state index in [2.05, 4.69) is 4.98 Å². The van der Waals surface area contributed by atoms with E-state index in [-0.39, 0.29) is 13.0 Å². The third-order valence-electron chi connectivity index (χ3n) is 2.42. The number of halogens is 1. The zero-order valence-corrected chi connectivity index (χ0v) is 8.19. The summed E-state index contributed by atoms with van der Waals surface area (Å²) < 4.78 is 19.7. The molecule has 3 atom stereocenters. The van der Waals surface area contributed by atoms with Crippen LogP contribution >= 0.6 is 0 Å². The van der Waals surface area contributed by atoms with Crippen LogP contribution in [-0.2, 0) is 4.74 Å². The predicted molar refractivity (Wildman–Crippen MR) is 49.4 cm³/mol. The molecule has 0 aromatic carbocycles. The second-order valence-corrected chi connectivity index (χ2v) is 3.47. The first-order valence-corrected chi connectivity index (χ1v) is 4.71. The fraction of sp³-hybridized carbons (Fsp3) is 0.625. The van der Waals surface area contributed by atoms with Gasteiger partial charge in [0.2, 0.25) is 6.23 Å². The number of nitrogens with zero attached hydrogens (tertiary/aromatic N) is 3. The molecule has 1 aromatic rings. The van der Waals surface area contributed by atoms with E-state index < -0.39 is 29.4 Å². The highest BCUT2D eigenvalue weighted by molar-refractivity contribution is 5.09. The Balaban J connectivity index is 2.24. The topological polar surface area (TPSA) is 90.4 Å². The van der Waals surface area contributed by atoms with E-state index in [9.17, 15) is 14.5 Å². The molecule has 0 amide bonds. The van der Waals surface area contributed by atoms with Crippen molar-refractivity contribution in [3.05, 3.63) is 22.5 Å². The lowest BCUT2D eigenvalue weighted by Crippen LogP contribution is -2.18. The zero-order valence-electron chi connectivity index (χ0n) is 8.19. The molecule has 1 saturated heterocycles. The summed E-state index contributed by atoms with van der Waals surface area (Å²) in [6.07, 6.45) is -0.571. The molecule has 8 heteroatoms. The molecule has 1 aliphatic rings. The Morgan fingerprint density at radius 3 is 3.12 bits per heavy atom. The number of rotatable bonds is 3. The Kier molecular flexibility index (Phi) is 2.84. The van der Waals surface area contributed by atoms with Gasteiger partial charge in [-0.3, -0.25) is 0 Å². The first-order chi connectivity index (χ1) is 7.63. The van der Waals surface area contributed by atoms with E-state index in [0.29, 0.717) is 0 Å². The molecule has 7 nitrogen and oxygen atoms in total. The van der Waals surface area contributed by atoms with Crippen LogP contribution in [0, 0.1) is 10.1 Å². The number of hydrogen-bond acceptors (Lipinski definition) is 5. The van der Waals surface area contributed by atoms with Gasteiger partial charge in [0, 0.05) is 6.42 Å². The minimum absolute atomic E-state index is 0.0243. The largest absolute Gasteiger partial charge is 0.436 e. The van der Waals surface area contributed by atoms with Crippen LogP contribution in [0.2, 0.25) is 0 Å². The van der Waals surface area contributed by atoms with E-state index in [0.717, 1.165) is 4.57 Å². The van der Waals surface area contributed by atoms with Crippen molar-refractivity contribution in [1.29, 1.82) is 0 Å². The molecule has 0 spiro atoms. The van der Waals surface area contributed by atoms with Crippen molar-refractivity contribution in [1.82, 2.24) is 9.55 Å². The third-order valence-corrected chi connectivity index (χ3v) is 2.42. The van der Waals surface area contributed by atoms with Crippen LogP contribution in [0.1, 0.15) is 12.6 Å². The molecular weight excluding hydrogens is 221 g/mol. The molecule has 0 bridgehead atoms. The number of aliphatic hydroxyl groups excluding tert-OH is 1. The maximum absolute atomic E-state index is 13.5. The van der Waals surface area contributed by atoms with E-state index in [1.165, 1.54) is 12.4 Å². The minimum atomic E-state index is -1.38. The first-order valence-electron chi connectivity index (χ1n) is 4.71. The van der Waals surface area contributed by atoms with Crippen molar-refractivity contribution < 1.29 is 19.2 Å². The first kappa shape index (κ1) is 11.0. The number of hydrogen-bond donors (Lipinski definition) is 1. The second-order valence-electron chi connectivity index (χ2n) is 3.47. The van der Waals surface area contributed by atoms with Crippen molar-refractivity contribution in [3.8, 4) is 0 Å². The summed E-state index contributed by atoms with van der Waals surface area (Å²) in [5.41, 5.74) is 0. The number of alkyl halides is 1. The average Bonchev–Trinajstić information content (AvgIpc) is 2.82. The number of ether oxygens (including phenoxy) is 1. The third kappa shape index (κ3) is 1.76. The van der Waals surface area contributed by atoms with Crippen molar-refractivity contribution in [3.63, 3.8) is 0 Å². The molecule has 88 valence electrons. The molecule has 1 N–H and O–H groups in total. The van der Waals surface area contributed by atoms with Gasteiger partial charge in [-0.25, -0.2) is 4.39 Å². The Morgan fingerprint density at radius 2 is 2.56 bits per heavy atom. The second kappa shape index (κ2) is 4.14. The molecule has 1 fully saturated rings. The van der Waals surface area contributed by atoms with Gasteiger partial charge in [-0.1, -0.05) is 4.98 Å². The fourth-order valence-electron chi connectivity index (χ4n) is 1.71. The summed E-state index contributed by atoms with van der Waals surface area (Å²) >= 11 is 0. The SMILES string of the molecule is O=[N+]([O-])c1nccn1[C@@H]1OC(CO)C[C@@H]1F. The molecule has 2 heterocycles. The number of aromatic nitrogens is 2. The number of nitro groups is 1. The van der Waals surface area contributed by atoms with E-state index in [1.54, 1.807) is 0 Å². The zero-order chi connectivity index (χ0) is 11.7. The predicted octanol–water partition coefficient (Wildman–Crippen LogP) is 0.409. The van der Waals surface area contributed by atoms with Crippen molar-refractivity contribution in [2.45, 2.75) is 24.9 Å². The summed E-state index contributed by atoms with van der Waals surface area (Å²) in [5, 5.41) is 19.4. The van der Waals surface area contributed by atoms with Gasteiger partial charge in [0.25, 0.3) is 0 Å². The summed E-state index contributed by atoms with van der Waals surface area (Å²) in [7, 11) is 0. The fourth-order valence-corrected chi connectivity index (χ4v) is 1.71. The standard InChI is InChI=1S/C8H10FN3O4/c9-6-3-5(4-13)16-7(6)11-2-1-10-8(11)12(14)15/h1-2,5-7,13H,3-4H2/t5?,6-,7+/m0/s1. The summed E-state index contributed by atoms with van der Waals surface area (Å²) in [5.74, 6) is -0.466. The summed E-state index contributed by atoms with van der Waals surface area (Å²) in [4.78, 5) is 13.4. The normalized spacial score (nSPS) is 29.5. The highest BCUT2D eigenvalue weighted by Crippen LogP contribution is 2.33. The lowest BCUT2D eigenvalue weighted by molar-refractivity contribution is -0.398. The molecule has 16 heavy (non-hydrogen) atoms. The maximum atomic E-state index is 13.5. The lowest BCUT2D eigenvalue weighted by Gasteiger charge is -2.12. The molecular formula is C8H10FN3O4. The van der Waals surface area contributed by atoms with Gasteiger partial charge < -0.3 is 20.0 Å². The van der Waals surface area contributed by atoms with E-state index in [1.807, 2.05) is 0 Å². The minimum Gasteiger partial charge on any atom is -0.394 e. The van der Waals surface area contributed by atoms with Crippen molar-refractivity contribution in [2.75, 3.05) is 6.61 Å². The highest BCUT2D eigenvalue weighted by atomic mass is 19.1. The van der Waals surface area contributed by atoms with Crippen LogP contribution in [-0.4, -0.2) is 38.5 Å². The molecule has 0 aliphatic carbocycles. The average molecular weight is 231 g/mol. The quantitative estimate of drug-likeness (QED) is 0.601. The van der Waals surface area contributed by atoms with Gasteiger partial charge in [0.05, 0.1) is 12.7 Å². The van der Waals surface area contributed by atoms with Gasteiger partial charge in [0.15, 0.2) is 6.17 Å².